The van der Waals surface area contributed by atoms with Gasteiger partial charge in [0, 0.05) is 29.5 Å². The number of thioether (sulfide) groups is 1. The topological polar surface area (TPSA) is 138 Å². The highest BCUT2D eigenvalue weighted by atomic mass is 32.2. The molecule has 0 bridgehead atoms. The molecular formula is C23H28F2N6O4S. The van der Waals surface area contributed by atoms with Gasteiger partial charge in [0.15, 0.2) is 33.8 Å². The summed E-state index contributed by atoms with van der Waals surface area (Å²) in [5, 5.41) is 41.2. The number of fused-ring (bicyclic) bond motifs is 1. The molecule has 10 nitrogen and oxygen atoms in total. The number of ether oxygens (including phenoxy) is 1. The van der Waals surface area contributed by atoms with Gasteiger partial charge in [-0.1, -0.05) is 29.9 Å². The monoisotopic (exact) mass is 536 g/mol. The Bertz CT molecular complexity index is 1860. The zero-order valence-electron chi connectivity index (χ0n) is 32.3. The highest BCUT2D eigenvalue weighted by Gasteiger charge is 2.45. The molecule has 2 aliphatic rings. The Kier molecular flexibility index (Phi) is 3.90. The summed E-state index contributed by atoms with van der Waals surface area (Å²) in [5.74, 6) is -5.82. The van der Waals surface area contributed by atoms with Crippen molar-refractivity contribution in [1.82, 2.24) is 25.0 Å². The fraction of sp³-hybridized carbons (Fsp3) is 0.565. The number of aliphatic hydroxyl groups is 3. The van der Waals surface area contributed by atoms with Crippen molar-refractivity contribution < 1.29 is 48.0 Å². The van der Waals surface area contributed by atoms with Gasteiger partial charge in [0.25, 0.3) is 0 Å². The van der Waals surface area contributed by atoms with Crippen molar-refractivity contribution in [2.45, 2.75) is 67.4 Å². The molecule has 2 saturated carbocycles. The van der Waals surface area contributed by atoms with Crippen LogP contribution in [0.1, 0.15) is 62.8 Å². The van der Waals surface area contributed by atoms with Crippen LogP contribution in [-0.2, 0) is 4.74 Å². The summed E-state index contributed by atoms with van der Waals surface area (Å²) in [6.45, 7) is -3.07. The Hall–Kier alpha value is -2.45. The maximum absolute atomic E-state index is 14.5. The Morgan fingerprint density at radius 1 is 1.31 bits per heavy atom. The van der Waals surface area contributed by atoms with E-state index in [-0.39, 0.29) is 9.84 Å². The number of hydrogen-bond donors (Lipinski definition) is 4. The summed E-state index contributed by atoms with van der Waals surface area (Å²) in [6, 6.07) is -10.0. The third kappa shape index (κ3) is 4.90. The number of rotatable bonds is 10. The highest BCUT2D eigenvalue weighted by Crippen LogP contribution is 2.44. The summed E-state index contributed by atoms with van der Waals surface area (Å²) in [6.07, 6.45) is -18.3. The van der Waals surface area contributed by atoms with Crippen molar-refractivity contribution in [3.8, 4) is 0 Å². The molecule has 36 heavy (non-hydrogen) atoms. The molecule has 0 radical (unpaired) electrons. The van der Waals surface area contributed by atoms with E-state index in [2.05, 4.69) is 25.6 Å². The number of hydrogen-bond acceptors (Lipinski definition) is 10. The molecule has 2 heterocycles. The first kappa shape index (κ1) is 13.4. The van der Waals surface area contributed by atoms with E-state index in [0.29, 0.717) is 12.2 Å². The number of aromatic nitrogens is 5. The van der Waals surface area contributed by atoms with Crippen molar-refractivity contribution >= 4 is 28.7 Å². The molecule has 0 saturated heterocycles. The number of benzene rings is 1. The molecule has 3 aromatic rings. The van der Waals surface area contributed by atoms with E-state index in [1.54, 1.807) is 6.92 Å². The lowest BCUT2D eigenvalue weighted by Crippen LogP contribution is -2.33. The maximum Gasteiger partial charge on any atom is 0.191 e. The smallest absolute Gasteiger partial charge is 0.191 e. The number of anilines is 1. The lowest BCUT2D eigenvalue weighted by Gasteiger charge is -2.17. The van der Waals surface area contributed by atoms with Crippen molar-refractivity contribution in [1.29, 1.82) is 0 Å². The van der Waals surface area contributed by atoms with Gasteiger partial charge in [0.05, 0.1) is 39.0 Å². The van der Waals surface area contributed by atoms with Gasteiger partial charge in [-0.15, -0.1) is 5.10 Å². The molecule has 0 spiro atoms. The van der Waals surface area contributed by atoms with Gasteiger partial charge in [0.2, 0.25) is 0 Å². The van der Waals surface area contributed by atoms with E-state index in [4.69, 9.17) is 23.9 Å². The average Bonchev–Trinajstić information content (AvgIpc) is 3.25. The fourth-order valence-electron chi connectivity index (χ4n) is 3.19. The minimum absolute atomic E-state index is 0.117. The normalized spacial score (nSPS) is 46.7. The predicted molar refractivity (Wildman–Crippen MR) is 128 cm³/mol. The molecule has 1 unspecified atom stereocenters. The number of halogens is 2. The zero-order valence-corrected chi connectivity index (χ0v) is 19.2. The second-order valence-corrected chi connectivity index (χ2v) is 8.42. The van der Waals surface area contributed by atoms with E-state index in [0.717, 1.165) is 11.8 Å². The first-order valence-electron chi connectivity index (χ1n) is 17.4. The molecule has 0 amide bonds. The number of nitrogens with zero attached hydrogens (tertiary/aromatic N) is 5. The largest absolute Gasteiger partial charge is 0.394 e. The van der Waals surface area contributed by atoms with Crippen LogP contribution in [0.5, 0.6) is 0 Å². The van der Waals surface area contributed by atoms with Crippen LogP contribution in [0.4, 0.5) is 14.6 Å². The van der Waals surface area contributed by atoms with Crippen LogP contribution < -0.4 is 5.32 Å². The van der Waals surface area contributed by atoms with Gasteiger partial charge < -0.3 is 25.4 Å². The van der Waals surface area contributed by atoms with Crippen molar-refractivity contribution in [2.75, 3.05) is 24.2 Å². The van der Waals surface area contributed by atoms with Gasteiger partial charge in [-0.2, -0.15) is 0 Å². The van der Waals surface area contributed by atoms with Crippen LogP contribution in [0.25, 0.3) is 11.2 Å². The predicted octanol–water partition coefficient (Wildman–Crippen LogP) is 2.01. The fourth-order valence-corrected chi connectivity index (χ4v) is 3.88. The van der Waals surface area contributed by atoms with Crippen LogP contribution in [0.3, 0.4) is 0 Å². The SMILES string of the molecule is [2H]c1c([2H])c(C2C([2H])([2H])[C@]2([2H])Nc2nc(SCCC)nc3c2nnn3[C@]2([2H])C([2H])([2H])[C@]([2H])(OCC([2H])([2H])O)[C@@]([2H])(O)[C@@]2([2H])O)c([2H])c(F)c1F. The Morgan fingerprint density at radius 2 is 2.14 bits per heavy atom. The first-order chi connectivity index (χ1) is 22.6. The average molecular weight is 537 g/mol. The van der Waals surface area contributed by atoms with E-state index >= 15 is 0 Å². The van der Waals surface area contributed by atoms with Crippen LogP contribution in [0.2, 0.25) is 0 Å². The van der Waals surface area contributed by atoms with Crippen LogP contribution in [0, 0.1) is 11.6 Å². The zero-order chi connectivity index (χ0) is 38.0. The van der Waals surface area contributed by atoms with E-state index in [1.807, 2.05) is 0 Å². The summed E-state index contributed by atoms with van der Waals surface area (Å²) in [7, 11) is 0. The molecule has 2 aromatic heterocycles. The highest BCUT2D eigenvalue weighted by molar-refractivity contribution is 7.99. The van der Waals surface area contributed by atoms with Crippen LogP contribution in [-0.4, -0.2) is 83.5 Å². The summed E-state index contributed by atoms with van der Waals surface area (Å²) >= 11 is 0.923. The lowest BCUT2D eigenvalue weighted by molar-refractivity contribution is -0.0629. The van der Waals surface area contributed by atoms with Gasteiger partial charge in [-0.05, 0) is 30.4 Å². The molecule has 2 fully saturated rings. The quantitative estimate of drug-likeness (QED) is 0.225. The Labute approximate surface area is 229 Å². The minimum Gasteiger partial charge on any atom is -0.394 e. The van der Waals surface area contributed by atoms with E-state index < -0.39 is 114 Å². The molecule has 2 aliphatic carbocycles. The molecule has 13 heteroatoms. The molecule has 5 rings (SSSR count). The molecule has 1 aromatic carbocycles. The molecule has 4 N–H and O–H groups in total. The third-order valence-electron chi connectivity index (χ3n) is 4.89. The summed E-state index contributed by atoms with van der Waals surface area (Å²) in [5.41, 5.74) is -2.16. The molecular weight excluding hydrogens is 494 g/mol. The second kappa shape index (κ2) is 10.5. The number of nitrogens with one attached hydrogen (secondary N) is 1. The van der Waals surface area contributed by atoms with Crippen molar-refractivity contribution in [2.24, 2.45) is 0 Å². The van der Waals surface area contributed by atoms with Gasteiger partial charge in [-0.3, -0.25) is 0 Å². The standard InChI is InChI=1S/C23H28F2N6O4S/c1-2-7-36-23-27-21(26-15-9-12(15)11-3-4-13(24)14(25)8-11)18-22(28-23)31(30-29-18)16-10-17(35-6-5-32)20(34)19(16)33/h3-4,8,12,15-17,19-20,32-34H,2,5-7,9-10H2,1H3,(H,26,27,28)/t12?,15-,16+,17-,19-,20+/m0/s1/i3D,4D,5D2,8D,9D2,10D2,15D,16D,17D,19D,20D. The lowest BCUT2D eigenvalue weighted by atomic mass is 10.1. The second-order valence-electron chi connectivity index (χ2n) is 7.36. The molecule has 0 aliphatic heterocycles. The summed E-state index contributed by atoms with van der Waals surface area (Å²) in [4.78, 5) is 8.34. The molecule has 194 valence electrons. The van der Waals surface area contributed by atoms with Crippen LogP contribution >= 0.6 is 11.8 Å². The van der Waals surface area contributed by atoms with E-state index in [1.165, 1.54) is 0 Å². The third-order valence-corrected chi connectivity index (χ3v) is 5.95. The molecule has 6 atom stereocenters. The van der Waals surface area contributed by atoms with Crippen LogP contribution in [0.15, 0.2) is 23.3 Å². The Morgan fingerprint density at radius 3 is 2.92 bits per heavy atom. The van der Waals surface area contributed by atoms with Crippen molar-refractivity contribution in [3.63, 3.8) is 0 Å². The first-order valence-corrected chi connectivity index (χ1v) is 11.4. The maximum atomic E-state index is 14.5. The van der Waals surface area contributed by atoms with Gasteiger partial charge in [0.1, 0.15) is 12.2 Å². The minimum atomic E-state index is -4.12. The van der Waals surface area contributed by atoms with Gasteiger partial charge in [-0.25, -0.2) is 23.4 Å². The Balaban J connectivity index is 1.70. The summed E-state index contributed by atoms with van der Waals surface area (Å²) < 4.78 is 149. The van der Waals surface area contributed by atoms with Crippen molar-refractivity contribution in [3.05, 3.63) is 35.3 Å². The van der Waals surface area contributed by atoms with Gasteiger partial charge >= 0.3 is 0 Å². The van der Waals surface area contributed by atoms with E-state index in [9.17, 15) is 24.1 Å².